The van der Waals surface area contributed by atoms with Crippen molar-refractivity contribution in [3.8, 4) is 28.0 Å². The molecule has 0 fully saturated rings. The monoisotopic (exact) mass is 437 g/mol. The minimum atomic E-state index is -3.42. The van der Waals surface area contributed by atoms with Crippen LogP contribution < -0.4 is 10.3 Å². The van der Waals surface area contributed by atoms with Gasteiger partial charge in [0.15, 0.2) is 9.84 Å². The minimum Gasteiger partial charge on any atom is -0.493 e. The molecule has 0 spiro atoms. The topological polar surface area (TPSA) is 94.0 Å². The molecule has 0 radical (unpaired) electrons. The zero-order valence-electron chi connectivity index (χ0n) is 17.8. The first-order chi connectivity index (χ1) is 14.7. The number of sulfone groups is 1. The van der Waals surface area contributed by atoms with E-state index in [-0.39, 0.29) is 10.5 Å². The summed E-state index contributed by atoms with van der Waals surface area (Å²) >= 11 is 0. The van der Waals surface area contributed by atoms with Crippen molar-refractivity contribution in [2.24, 2.45) is 7.05 Å². The molecule has 0 atom stereocenters. The first kappa shape index (κ1) is 20.9. The third-order valence-corrected chi connectivity index (χ3v) is 6.40. The van der Waals surface area contributed by atoms with Gasteiger partial charge in [0.1, 0.15) is 5.75 Å². The molecular weight excluding hydrogens is 414 g/mol. The molecule has 0 aliphatic rings. The van der Waals surface area contributed by atoms with Gasteiger partial charge in [0.2, 0.25) is 0 Å². The summed E-state index contributed by atoms with van der Waals surface area (Å²) in [5.41, 5.74) is 3.89. The molecule has 160 valence electrons. The molecule has 31 heavy (non-hydrogen) atoms. The van der Waals surface area contributed by atoms with Crippen molar-refractivity contribution < 1.29 is 13.2 Å². The fraction of sp³-hybridized carbons (Fsp3) is 0.217. The number of benzene rings is 2. The number of nitrogens with zero attached hydrogens (tertiary/aromatic N) is 2. The Morgan fingerprint density at radius 3 is 2.48 bits per heavy atom. The molecule has 0 saturated heterocycles. The van der Waals surface area contributed by atoms with Gasteiger partial charge in [0.05, 0.1) is 17.2 Å². The summed E-state index contributed by atoms with van der Waals surface area (Å²) in [5, 5.41) is 8.30. The summed E-state index contributed by atoms with van der Waals surface area (Å²) in [7, 11) is -1.74. The van der Waals surface area contributed by atoms with Gasteiger partial charge in [-0.25, -0.2) is 8.42 Å². The number of nitrogens with one attached hydrogen (secondary N) is 1. The predicted molar refractivity (Wildman–Crippen MR) is 121 cm³/mol. The second-order valence-corrected chi connectivity index (χ2v) is 9.48. The summed E-state index contributed by atoms with van der Waals surface area (Å²) in [5.74, 6) is 0.555. The van der Waals surface area contributed by atoms with Crippen LogP contribution in [0.3, 0.4) is 0 Å². The Morgan fingerprint density at radius 1 is 1.06 bits per heavy atom. The van der Waals surface area contributed by atoms with Gasteiger partial charge in [0.25, 0.3) is 5.56 Å². The molecule has 2 heterocycles. The molecule has 0 bridgehead atoms. The maximum absolute atomic E-state index is 12.8. The van der Waals surface area contributed by atoms with Gasteiger partial charge in [-0.15, -0.1) is 0 Å². The molecule has 0 aliphatic heterocycles. The van der Waals surface area contributed by atoms with Gasteiger partial charge >= 0.3 is 0 Å². The van der Waals surface area contributed by atoms with Crippen LogP contribution in [-0.4, -0.2) is 36.0 Å². The Bertz CT molecular complexity index is 1470. The number of rotatable bonds is 5. The molecular formula is C23H23N3O4S. The molecule has 1 N–H and O–H groups in total. The lowest BCUT2D eigenvalue weighted by Gasteiger charge is -2.16. The molecule has 2 aromatic carbocycles. The van der Waals surface area contributed by atoms with Gasteiger partial charge in [-0.05, 0) is 55.1 Å². The van der Waals surface area contributed by atoms with Crippen molar-refractivity contribution in [3.63, 3.8) is 0 Å². The average Bonchev–Trinajstić information content (AvgIpc) is 3.16. The van der Waals surface area contributed by atoms with Crippen LogP contribution in [0.2, 0.25) is 0 Å². The van der Waals surface area contributed by atoms with Crippen LogP contribution in [0.5, 0.6) is 5.75 Å². The second-order valence-electron chi connectivity index (χ2n) is 7.47. The van der Waals surface area contributed by atoms with E-state index in [1.807, 2.05) is 32.2 Å². The van der Waals surface area contributed by atoms with Crippen LogP contribution in [0.15, 0.2) is 58.5 Å². The SMILES string of the molecule is CCOc1ccc(S(C)(=O)=O)cc1-c1cn(C)c(=O)c2ccc(-c3c[nH]nc3C)cc12. The number of hydrogen-bond donors (Lipinski definition) is 1. The van der Waals surface area contributed by atoms with Gasteiger partial charge in [-0.1, -0.05) is 6.07 Å². The first-order valence-electron chi connectivity index (χ1n) is 9.82. The van der Waals surface area contributed by atoms with E-state index in [1.165, 1.54) is 16.9 Å². The van der Waals surface area contributed by atoms with Crippen molar-refractivity contribution >= 4 is 20.6 Å². The molecule has 0 aliphatic carbocycles. The fourth-order valence-electron chi connectivity index (χ4n) is 3.73. The smallest absolute Gasteiger partial charge is 0.258 e. The van der Waals surface area contributed by atoms with Crippen LogP contribution in [-0.2, 0) is 16.9 Å². The molecule has 2 aromatic heterocycles. The maximum atomic E-state index is 12.8. The molecule has 4 rings (SSSR count). The van der Waals surface area contributed by atoms with Gasteiger partial charge in [0, 0.05) is 47.8 Å². The highest BCUT2D eigenvalue weighted by Gasteiger charge is 2.18. The third kappa shape index (κ3) is 3.74. The zero-order chi connectivity index (χ0) is 22.3. The number of pyridine rings is 1. The quantitative estimate of drug-likeness (QED) is 0.514. The van der Waals surface area contributed by atoms with Crippen LogP contribution in [0.1, 0.15) is 12.6 Å². The van der Waals surface area contributed by atoms with E-state index in [1.54, 1.807) is 31.4 Å². The van der Waals surface area contributed by atoms with E-state index in [0.717, 1.165) is 16.8 Å². The van der Waals surface area contributed by atoms with Gasteiger partial charge in [-0.3, -0.25) is 9.89 Å². The number of fused-ring (bicyclic) bond motifs is 1. The summed E-state index contributed by atoms with van der Waals surface area (Å²) in [6.07, 6.45) is 4.71. The normalized spacial score (nSPS) is 11.7. The maximum Gasteiger partial charge on any atom is 0.258 e. The fourth-order valence-corrected chi connectivity index (χ4v) is 4.38. The Labute approximate surface area is 180 Å². The van der Waals surface area contributed by atoms with Crippen molar-refractivity contribution in [1.29, 1.82) is 0 Å². The lowest BCUT2D eigenvalue weighted by atomic mass is 9.96. The zero-order valence-corrected chi connectivity index (χ0v) is 18.6. The van der Waals surface area contributed by atoms with Crippen LogP contribution in [0.25, 0.3) is 33.0 Å². The molecule has 0 amide bonds. The van der Waals surface area contributed by atoms with E-state index >= 15 is 0 Å². The minimum absolute atomic E-state index is 0.133. The number of aryl methyl sites for hydroxylation is 2. The van der Waals surface area contributed by atoms with Crippen molar-refractivity contribution in [2.75, 3.05) is 12.9 Å². The van der Waals surface area contributed by atoms with Crippen LogP contribution in [0.4, 0.5) is 0 Å². The molecule has 8 heteroatoms. The molecule has 7 nitrogen and oxygen atoms in total. The second kappa shape index (κ2) is 7.70. The van der Waals surface area contributed by atoms with Crippen molar-refractivity contribution in [2.45, 2.75) is 18.7 Å². The Kier molecular flexibility index (Phi) is 5.18. The largest absolute Gasteiger partial charge is 0.493 e. The highest BCUT2D eigenvalue weighted by Crippen LogP contribution is 2.37. The lowest BCUT2D eigenvalue weighted by Crippen LogP contribution is -2.16. The highest BCUT2D eigenvalue weighted by molar-refractivity contribution is 7.90. The third-order valence-electron chi connectivity index (χ3n) is 5.29. The predicted octanol–water partition coefficient (Wildman–Crippen LogP) is 3.71. The Hall–Kier alpha value is -3.39. The van der Waals surface area contributed by atoms with Crippen LogP contribution in [0, 0.1) is 6.92 Å². The first-order valence-corrected chi connectivity index (χ1v) is 11.7. The number of aromatic amines is 1. The van der Waals surface area contributed by atoms with E-state index in [0.29, 0.717) is 34.3 Å². The lowest BCUT2D eigenvalue weighted by molar-refractivity contribution is 0.341. The number of ether oxygens (including phenoxy) is 1. The van der Waals surface area contributed by atoms with Gasteiger partial charge in [-0.2, -0.15) is 5.10 Å². The van der Waals surface area contributed by atoms with Crippen molar-refractivity contribution in [3.05, 3.63) is 64.8 Å². The van der Waals surface area contributed by atoms with Gasteiger partial charge < -0.3 is 9.30 Å². The number of aromatic nitrogens is 3. The Morgan fingerprint density at radius 2 is 1.84 bits per heavy atom. The van der Waals surface area contributed by atoms with E-state index in [4.69, 9.17) is 4.74 Å². The number of hydrogen-bond acceptors (Lipinski definition) is 5. The van der Waals surface area contributed by atoms with E-state index in [9.17, 15) is 13.2 Å². The van der Waals surface area contributed by atoms with Crippen LogP contribution >= 0.6 is 0 Å². The highest BCUT2D eigenvalue weighted by atomic mass is 32.2. The average molecular weight is 438 g/mol. The van der Waals surface area contributed by atoms with E-state index in [2.05, 4.69) is 10.2 Å². The molecule has 0 unspecified atom stereocenters. The molecule has 0 saturated carbocycles. The summed E-state index contributed by atoms with van der Waals surface area (Å²) < 4.78 is 31.7. The summed E-state index contributed by atoms with van der Waals surface area (Å²) in [6.45, 7) is 4.20. The molecule has 4 aromatic rings. The van der Waals surface area contributed by atoms with E-state index < -0.39 is 9.84 Å². The standard InChI is InChI=1S/C23H23N3O4S/c1-5-30-22-9-7-16(31(4,28)29)11-19(22)21-13-26(3)23(27)17-8-6-15(10-18(17)21)20-12-24-25-14(20)2/h6-13H,5H2,1-4H3,(H,24,25). The van der Waals surface area contributed by atoms with Crippen molar-refractivity contribution in [1.82, 2.24) is 14.8 Å². The number of H-pyrrole nitrogens is 1. The summed E-state index contributed by atoms with van der Waals surface area (Å²) in [4.78, 5) is 13.0. The Balaban J connectivity index is 2.09. The summed E-state index contributed by atoms with van der Waals surface area (Å²) in [6, 6.07) is 10.4.